The predicted octanol–water partition coefficient (Wildman–Crippen LogP) is 6.64. The maximum absolute atomic E-state index is 12.1. The maximum Gasteiger partial charge on any atom is 0.220 e. The third-order valence-corrected chi connectivity index (χ3v) is 5.91. The van der Waals surface area contributed by atoms with E-state index in [1.54, 1.807) is 0 Å². The number of nitrogens with one attached hydrogen (secondary N) is 2. The summed E-state index contributed by atoms with van der Waals surface area (Å²) in [6.07, 6.45) is 10.1. The van der Waals surface area contributed by atoms with Crippen molar-refractivity contribution in [3.8, 4) is 0 Å². The first-order valence-corrected chi connectivity index (χ1v) is 12.2. The molecule has 0 aliphatic carbocycles. The van der Waals surface area contributed by atoms with Crippen LogP contribution in [0.1, 0.15) is 101 Å². The van der Waals surface area contributed by atoms with Crippen molar-refractivity contribution < 1.29 is 9.59 Å². The van der Waals surface area contributed by atoms with Gasteiger partial charge < -0.3 is 10.6 Å². The molecule has 4 nitrogen and oxygen atoms in total. The van der Waals surface area contributed by atoms with Crippen molar-refractivity contribution in [2.75, 3.05) is 0 Å². The fourth-order valence-electron chi connectivity index (χ4n) is 3.91. The monoisotopic (exact) mass is 436 g/mol. The van der Waals surface area contributed by atoms with Crippen LogP contribution in [-0.4, -0.2) is 11.8 Å². The van der Waals surface area contributed by atoms with Crippen molar-refractivity contribution in [3.05, 3.63) is 71.8 Å². The number of unbranched alkanes of at least 4 members (excludes halogenated alkanes) is 7. The Labute approximate surface area is 194 Å². The SMILES string of the molecule is C[C@H](NC(=O)CCCCCCCCCCC(=O)N[C@@H](C)c1ccccc1)c1ccccc1. The van der Waals surface area contributed by atoms with Crippen molar-refractivity contribution >= 4 is 11.8 Å². The summed E-state index contributed by atoms with van der Waals surface area (Å²) in [7, 11) is 0. The molecule has 0 radical (unpaired) electrons. The molecule has 32 heavy (non-hydrogen) atoms. The Bertz CT molecular complexity index is 709. The number of carbonyl (C=O) groups excluding carboxylic acids is 2. The highest BCUT2D eigenvalue weighted by Crippen LogP contribution is 2.14. The summed E-state index contributed by atoms with van der Waals surface area (Å²) in [6.45, 7) is 4.06. The molecule has 0 aliphatic heterocycles. The number of benzene rings is 2. The van der Waals surface area contributed by atoms with E-state index in [-0.39, 0.29) is 23.9 Å². The molecule has 0 aliphatic rings. The van der Waals surface area contributed by atoms with Gasteiger partial charge in [-0.25, -0.2) is 0 Å². The van der Waals surface area contributed by atoms with Crippen LogP contribution >= 0.6 is 0 Å². The van der Waals surface area contributed by atoms with Crippen LogP contribution in [0.3, 0.4) is 0 Å². The molecule has 0 fully saturated rings. The van der Waals surface area contributed by atoms with E-state index in [4.69, 9.17) is 0 Å². The molecule has 2 aromatic rings. The Balaban J connectivity index is 1.40. The normalized spacial score (nSPS) is 12.7. The summed E-state index contributed by atoms with van der Waals surface area (Å²) in [5, 5.41) is 6.16. The molecule has 0 heterocycles. The van der Waals surface area contributed by atoms with Crippen LogP contribution < -0.4 is 10.6 Å². The van der Waals surface area contributed by atoms with E-state index >= 15 is 0 Å². The molecule has 2 amide bonds. The van der Waals surface area contributed by atoms with E-state index < -0.39 is 0 Å². The largest absolute Gasteiger partial charge is 0.350 e. The lowest BCUT2D eigenvalue weighted by atomic mass is 10.1. The average Bonchev–Trinajstić information content (AvgIpc) is 2.81. The summed E-state index contributed by atoms with van der Waals surface area (Å²) in [4.78, 5) is 24.2. The quantitative estimate of drug-likeness (QED) is 0.307. The van der Waals surface area contributed by atoms with Gasteiger partial charge in [-0.2, -0.15) is 0 Å². The van der Waals surface area contributed by atoms with Crippen LogP contribution in [0.5, 0.6) is 0 Å². The smallest absolute Gasteiger partial charge is 0.220 e. The van der Waals surface area contributed by atoms with Crippen molar-refractivity contribution in [3.63, 3.8) is 0 Å². The molecule has 0 saturated carbocycles. The Hall–Kier alpha value is -2.62. The lowest BCUT2D eigenvalue weighted by molar-refractivity contribution is -0.122. The van der Waals surface area contributed by atoms with E-state index in [1.165, 1.54) is 25.7 Å². The van der Waals surface area contributed by atoms with Crippen molar-refractivity contribution in [2.45, 2.75) is 90.1 Å². The first kappa shape index (κ1) is 25.6. The zero-order valence-corrected chi connectivity index (χ0v) is 19.8. The lowest BCUT2D eigenvalue weighted by Gasteiger charge is -2.14. The molecule has 2 atom stereocenters. The van der Waals surface area contributed by atoms with E-state index in [2.05, 4.69) is 10.6 Å². The van der Waals surface area contributed by atoms with E-state index in [9.17, 15) is 9.59 Å². The van der Waals surface area contributed by atoms with E-state index in [1.807, 2.05) is 74.5 Å². The van der Waals surface area contributed by atoms with Gasteiger partial charge in [0.15, 0.2) is 0 Å². The molecule has 0 bridgehead atoms. The van der Waals surface area contributed by atoms with Gasteiger partial charge in [-0.15, -0.1) is 0 Å². The minimum absolute atomic E-state index is 0.0623. The van der Waals surface area contributed by atoms with Crippen molar-refractivity contribution in [2.24, 2.45) is 0 Å². The second-order valence-corrected chi connectivity index (χ2v) is 8.73. The third kappa shape index (κ3) is 10.6. The van der Waals surface area contributed by atoms with Crippen LogP contribution in [0.2, 0.25) is 0 Å². The van der Waals surface area contributed by atoms with Crippen LogP contribution in [0.15, 0.2) is 60.7 Å². The van der Waals surface area contributed by atoms with Gasteiger partial charge in [0.05, 0.1) is 12.1 Å². The van der Waals surface area contributed by atoms with Crippen molar-refractivity contribution in [1.29, 1.82) is 0 Å². The van der Waals surface area contributed by atoms with Crippen LogP contribution in [0, 0.1) is 0 Å². The van der Waals surface area contributed by atoms with Gasteiger partial charge in [-0.05, 0) is 37.8 Å². The van der Waals surface area contributed by atoms with Gasteiger partial charge in [-0.1, -0.05) is 99.2 Å². The molecule has 0 saturated heterocycles. The van der Waals surface area contributed by atoms with Gasteiger partial charge in [0.1, 0.15) is 0 Å². The fraction of sp³-hybridized carbons (Fsp3) is 0.500. The Morgan fingerprint density at radius 3 is 1.22 bits per heavy atom. The minimum atomic E-state index is 0.0623. The highest BCUT2D eigenvalue weighted by molar-refractivity contribution is 5.76. The molecule has 0 aromatic heterocycles. The lowest BCUT2D eigenvalue weighted by Crippen LogP contribution is -2.26. The summed E-state index contributed by atoms with van der Waals surface area (Å²) in [5.41, 5.74) is 2.29. The highest BCUT2D eigenvalue weighted by Gasteiger charge is 2.09. The molecule has 0 unspecified atom stereocenters. The standard InChI is InChI=1S/C28H40N2O2/c1-23(25-17-11-9-12-18-25)29-27(31)21-15-7-5-3-4-6-8-16-22-28(32)30-24(2)26-19-13-10-14-20-26/h9-14,17-20,23-24H,3-8,15-16,21-22H2,1-2H3,(H,29,31)(H,30,32)/t23-,24-/m0/s1. The maximum atomic E-state index is 12.1. The zero-order chi connectivity index (χ0) is 23.0. The van der Waals surface area contributed by atoms with Gasteiger partial charge in [0.25, 0.3) is 0 Å². The predicted molar refractivity (Wildman–Crippen MR) is 132 cm³/mol. The highest BCUT2D eigenvalue weighted by atomic mass is 16.2. The summed E-state index contributed by atoms with van der Waals surface area (Å²) < 4.78 is 0. The second-order valence-electron chi connectivity index (χ2n) is 8.73. The van der Waals surface area contributed by atoms with E-state index in [0.29, 0.717) is 12.8 Å². The molecule has 2 rings (SSSR count). The summed E-state index contributed by atoms with van der Waals surface area (Å²) >= 11 is 0. The Morgan fingerprint density at radius 1 is 0.562 bits per heavy atom. The van der Waals surface area contributed by atoms with Gasteiger partial charge in [0, 0.05) is 12.8 Å². The number of carbonyl (C=O) groups is 2. The van der Waals surface area contributed by atoms with Crippen LogP contribution in [0.25, 0.3) is 0 Å². The van der Waals surface area contributed by atoms with Crippen LogP contribution in [-0.2, 0) is 9.59 Å². The topological polar surface area (TPSA) is 58.2 Å². The Kier molecular flexibility index (Phi) is 12.2. The molecular weight excluding hydrogens is 396 g/mol. The van der Waals surface area contributed by atoms with Crippen molar-refractivity contribution in [1.82, 2.24) is 10.6 Å². The molecule has 4 heteroatoms. The molecule has 0 spiro atoms. The number of hydrogen-bond donors (Lipinski definition) is 2. The number of amides is 2. The summed E-state index contributed by atoms with van der Waals surface area (Å²) in [6, 6.07) is 20.3. The molecule has 174 valence electrons. The number of rotatable bonds is 15. The van der Waals surface area contributed by atoms with Gasteiger partial charge in [-0.3, -0.25) is 9.59 Å². The second kappa shape index (κ2) is 15.2. The number of hydrogen-bond acceptors (Lipinski definition) is 2. The Morgan fingerprint density at radius 2 is 0.875 bits per heavy atom. The van der Waals surface area contributed by atoms with Gasteiger partial charge in [0.2, 0.25) is 11.8 Å². The first-order valence-electron chi connectivity index (χ1n) is 12.2. The van der Waals surface area contributed by atoms with E-state index in [0.717, 1.165) is 36.8 Å². The first-order chi connectivity index (χ1) is 15.6. The fourth-order valence-corrected chi connectivity index (χ4v) is 3.91. The summed E-state index contributed by atoms with van der Waals surface area (Å²) in [5.74, 6) is 0.280. The van der Waals surface area contributed by atoms with Gasteiger partial charge >= 0.3 is 0 Å². The average molecular weight is 437 g/mol. The molecule has 2 N–H and O–H groups in total. The molecule has 2 aromatic carbocycles. The third-order valence-electron chi connectivity index (χ3n) is 5.91. The molecular formula is C28H40N2O2. The van der Waals surface area contributed by atoms with Crippen LogP contribution in [0.4, 0.5) is 0 Å². The minimum Gasteiger partial charge on any atom is -0.350 e. The zero-order valence-electron chi connectivity index (χ0n) is 19.8.